The smallest absolute Gasteiger partial charge is 0.308 e. The highest BCUT2D eigenvalue weighted by Gasteiger charge is 2.70. The normalized spacial score (nSPS) is 39.7. The number of aliphatic hydroxyl groups excluding tert-OH is 1. The first kappa shape index (κ1) is 26.6. The third-order valence-corrected chi connectivity index (χ3v) is 8.26. The van der Waals surface area contributed by atoms with Gasteiger partial charge in [-0.15, -0.1) is 0 Å². The molecule has 8 atom stereocenters. The molecule has 34 heavy (non-hydrogen) atoms. The molecule has 2 aliphatic carbocycles. The van der Waals surface area contributed by atoms with Gasteiger partial charge >= 0.3 is 11.9 Å². The maximum absolute atomic E-state index is 12.5. The molecule has 0 aromatic carbocycles. The number of esters is 2. The zero-order valence-electron chi connectivity index (χ0n) is 21.5. The van der Waals surface area contributed by atoms with Crippen molar-refractivity contribution in [2.75, 3.05) is 7.11 Å². The van der Waals surface area contributed by atoms with Gasteiger partial charge in [0.25, 0.3) is 0 Å². The fourth-order valence-corrected chi connectivity index (χ4v) is 6.10. The van der Waals surface area contributed by atoms with Gasteiger partial charge in [-0.3, -0.25) is 9.59 Å². The predicted molar refractivity (Wildman–Crippen MR) is 127 cm³/mol. The minimum Gasteiger partial charge on any atom is -0.458 e. The van der Waals surface area contributed by atoms with Crippen LogP contribution in [0.25, 0.3) is 0 Å². The summed E-state index contributed by atoms with van der Waals surface area (Å²) in [4.78, 5) is 24.6. The van der Waals surface area contributed by atoms with Gasteiger partial charge in [0.2, 0.25) is 6.29 Å². The molecule has 0 aromatic rings. The molecule has 3 rings (SSSR count). The molecule has 1 aliphatic heterocycles. The first-order chi connectivity index (χ1) is 15.9. The van der Waals surface area contributed by atoms with Crippen molar-refractivity contribution in [1.29, 1.82) is 0 Å². The van der Waals surface area contributed by atoms with Gasteiger partial charge in [0, 0.05) is 19.6 Å². The molecule has 2 fully saturated rings. The van der Waals surface area contributed by atoms with Gasteiger partial charge in [-0.25, -0.2) is 0 Å². The SMILES string of the molecule is C=C/C(C)=C/C[C@]1(C)[C@H](C)C[C@H](O)[C@@]23C(=C[C@H](OC(=O)C(C)C)C[C@@H]12)[C@@H](OC)O[C@@H]3OC(C)=O. The molecule has 1 heterocycles. The second-order valence-corrected chi connectivity index (χ2v) is 10.6. The third kappa shape index (κ3) is 4.38. The van der Waals surface area contributed by atoms with Crippen LogP contribution in [0.4, 0.5) is 0 Å². The van der Waals surface area contributed by atoms with Crippen LogP contribution in [0.3, 0.4) is 0 Å². The molecule has 0 unspecified atom stereocenters. The van der Waals surface area contributed by atoms with E-state index in [-0.39, 0.29) is 29.1 Å². The quantitative estimate of drug-likeness (QED) is 0.333. The van der Waals surface area contributed by atoms with Gasteiger partial charge in [0.05, 0.1) is 17.4 Å². The van der Waals surface area contributed by atoms with E-state index in [2.05, 4.69) is 26.5 Å². The zero-order valence-corrected chi connectivity index (χ0v) is 21.5. The van der Waals surface area contributed by atoms with Crippen LogP contribution >= 0.6 is 0 Å². The van der Waals surface area contributed by atoms with Crippen LogP contribution < -0.4 is 0 Å². The molecular formula is C27H40O7. The van der Waals surface area contributed by atoms with Crippen molar-refractivity contribution in [3.05, 3.63) is 36.0 Å². The molecule has 1 N–H and O–H groups in total. The number of aliphatic hydroxyl groups is 1. The van der Waals surface area contributed by atoms with E-state index < -0.39 is 36.2 Å². The van der Waals surface area contributed by atoms with Crippen molar-refractivity contribution in [2.24, 2.45) is 28.6 Å². The first-order valence-corrected chi connectivity index (χ1v) is 12.2. The monoisotopic (exact) mass is 476 g/mol. The lowest BCUT2D eigenvalue weighted by molar-refractivity contribution is -0.254. The van der Waals surface area contributed by atoms with Gasteiger partial charge in [0.15, 0.2) is 6.29 Å². The van der Waals surface area contributed by atoms with E-state index in [0.29, 0.717) is 18.4 Å². The van der Waals surface area contributed by atoms with E-state index >= 15 is 0 Å². The Bertz CT molecular complexity index is 874. The Morgan fingerprint density at radius 1 is 1.29 bits per heavy atom. The molecule has 7 heteroatoms. The van der Waals surface area contributed by atoms with E-state index in [9.17, 15) is 14.7 Å². The fraction of sp³-hybridized carbons (Fsp3) is 0.704. The minimum atomic E-state index is -1.00. The van der Waals surface area contributed by atoms with Crippen molar-refractivity contribution in [3.63, 3.8) is 0 Å². The fourth-order valence-electron chi connectivity index (χ4n) is 6.10. The minimum absolute atomic E-state index is 0.146. The standard InChI is InChI=1S/C27H40O7/c1-9-16(4)10-11-26(7)17(5)12-22(29)27-20(24(31-8)34-25(27)32-18(6)28)13-19(14-21(26)27)33-23(30)15(2)3/h9-10,13,15,17,19,21-22,24-25,29H,1,11-12,14H2,2-8H3/b16-10+/t17-,19+,21+,22+,24+,25+,26-,27-/m1/s1. The number of hydrogen-bond donors (Lipinski definition) is 1. The van der Waals surface area contributed by atoms with Gasteiger partial charge in [-0.05, 0) is 49.5 Å². The molecule has 1 spiro atoms. The molecule has 7 nitrogen and oxygen atoms in total. The summed E-state index contributed by atoms with van der Waals surface area (Å²) in [6.07, 6.45) is 4.42. The van der Waals surface area contributed by atoms with Crippen molar-refractivity contribution < 1.29 is 33.6 Å². The van der Waals surface area contributed by atoms with Crippen molar-refractivity contribution >= 4 is 11.9 Å². The molecule has 190 valence electrons. The number of ether oxygens (including phenoxy) is 4. The molecule has 3 aliphatic rings. The Kier molecular flexibility index (Phi) is 7.80. The number of allylic oxidation sites excluding steroid dienone is 3. The number of methoxy groups -OCH3 is 1. The molecule has 1 saturated heterocycles. The highest BCUT2D eigenvalue weighted by atomic mass is 16.8. The largest absolute Gasteiger partial charge is 0.458 e. The van der Waals surface area contributed by atoms with E-state index in [1.807, 2.05) is 19.1 Å². The Morgan fingerprint density at radius 2 is 1.97 bits per heavy atom. The molecule has 1 saturated carbocycles. The number of carbonyl (C=O) groups is 2. The summed E-state index contributed by atoms with van der Waals surface area (Å²) in [7, 11) is 1.52. The van der Waals surface area contributed by atoms with Crippen molar-refractivity contribution in [2.45, 2.75) is 85.6 Å². The number of hydrogen-bond acceptors (Lipinski definition) is 7. The lowest BCUT2D eigenvalue weighted by Gasteiger charge is -2.60. The lowest BCUT2D eigenvalue weighted by Crippen LogP contribution is -2.63. The summed E-state index contributed by atoms with van der Waals surface area (Å²) in [6.45, 7) is 15.2. The Labute approximate surface area is 203 Å². The Morgan fingerprint density at radius 3 is 2.53 bits per heavy atom. The van der Waals surface area contributed by atoms with Crippen LogP contribution in [0.5, 0.6) is 0 Å². The topological polar surface area (TPSA) is 91.3 Å². The summed E-state index contributed by atoms with van der Waals surface area (Å²) in [5.74, 6) is -1.10. The summed E-state index contributed by atoms with van der Waals surface area (Å²) < 4.78 is 23.3. The van der Waals surface area contributed by atoms with Gasteiger partial charge in [-0.1, -0.05) is 52.0 Å². The van der Waals surface area contributed by atoms with Crippen LogP contribution in [-0.2, 0) is 28.5 Å². The summed E-state index contributed by atoms with van der Waals surface area (Å²) >= 11 is 0. The molecule has 0 aromatic heterocycles. The molecule has 0 amide bonds. The van der Waals surface area contributed by atoms with E-state index in [4.69, 9.17) is 18.9 Å². The van der Waals surface area contributed by atoms with E-state index in [0.717, 1.165) is 12.0 Å². The van der Waals surface area contributed by atoms with Gasteiger partial charge in [-0.2, -0.15) is 0 Å². The maximum atomic E-state index is 12.5. The Balaban J connectivity index is 2.19. The van der Waals surface area contributed by atoms with Gasteiger partial charge < -0.3 is 24.1 Å². The number of rotatable bonds is 7. The summed E-state index contributed by atoms with van der Waals surface area (Å²) in [6, 6.07) is 0. The van der Waals surface area contributed by atoms with Gasteiger partial charge in [0.1, 0.15) is 6.10 Å². The number of carbonyl (C=O) groups excluding carboxylic acids is 2. The van der Waals surface area contributed by atoms with Crippen LogP contribution in [-0.4, -0.2) is 48.9 Å². The Hall–Kier alpha value is -1.96. The van der Waals surface area contributed by atoms with E-state index in [1.165, 1.54) is 14.0 Å². The average Bonchev–Trinajstić information content (AvgIpc) is 3.08. The zero-order chi connectivity index (χ0) is 25.4. The van der Waals surface area contributed by atoms with Crippen LogP contribution in [0.2, 0.25) is 0 Å². The van der Waals surface area contributed by atoms with Crippen molar-refractivity contribution in [1.82, 2.24) is 0 Å². The molecular weight excluding hydrogens is 436 g/mol. The first-order valence-electron chi connectivity index (χ1n) is 12.2. The predicted octanol–water partition coefficient (Wildman–Crippen LogP) is 4.31. The molecule has 0 bridgehead atoms. The average molecular weight is 477 g/mol. The highest BCUT2D eigenvalue weighted by molar-refractivity contribution is 5.72. The van der Waals surface area contributed by atoms with Crippen LogP contribution in [0.15, 0.2) is 36.0 Å². The third-order valence-electron chi connectivity index (χ3n) is 8.26. The summed E-state index contributed by atoms with van der Waals surface area (Å²) in [5.41, 5.74) is 0.450. The second kappa shape index (κ2) is 9.96. The van der Waals surface area contributed by atoms with E-state index in [1.54, 1.807) is 13.8 Å². The van der Waals surface area contributed by atoms with Crippen molar-refractivity contribution in [3.8, 4) is 0 Å². The maximum Gasteiger partial charge on any atom is 0.308 e. The van der Waals surface area contributed by atoms with Crippen LogP contribution in [0, 0.1) is 28.6 Å². The summed E-state index contributed by atoms with van der Waals surface area (Å²) in [5, 5.41) is 11.6. The highest BCUT2D eigenvalue weighted by Crippen LogP contribution is 2.67. The molecule has 0 radical (unpaired) electrons. The lowest BCUT2D eigenvalue weighted by atomic mass is 9.45. The van der Waals surface area contributed by atoms with Crippen LogP contribution in [0.1, 0.15) is 60.8 Å². The second-order valence-electron chi connectivity index (χ2n) is 10.6.